The maximum absolute atomic E-state index is 5.03. The molecule has 0 spiro atoms. The Morgan fingerprint density at radius 3 is 2.76 bits per heavy atom. The quantitative estimate of drug-likeness (QED) is 0.375. The number of pyridine rings is 1. The van der Waals surface area contributed by atoms with Gasteiger partial charge in [-0.3, -0.25) is 9.88 Å². The van der Waals surface area contributed by atoms with Crippen LogP contribution in [0.25, 0.3) is 5.65 Å². The number of anilines is 1. The van der Waals surface area contributed by atoms with Gasteiger partial charge in [0.05, 0.1) is 16.4 Å². The van der Waals surface area contributed by atoms with E-state index in [1.54, 1.807) is 6.20 Å². The van der Waals surface area contributed by atoms with Gasteiger partial charge in [0, 0.05) is 44.0 Å². The van der Waals surface area contributed by atoms with Gasteiger partial charge in [0.15, 0.2) is 5.65 Å². The fraction of sp³-hybridized carbons (Fsp3) is 0.346. The maximum Gasteiger partial charge on any atom is 0.171 e. The topological polar surface area (TPSA) is 58.4 Å². The summed E-state index contributed by atoms with van der Waals surface area (Å²) < 4.78 is 2.79. The molecule has 33 heavy (non-hydrogen) atoms. The zero-order chi connectivity index (χ0) is 22.8. The van der Waals surface area contributed by atoms with Crippen molar-refractivity contribution in [2.24, 2.45) is 0 Å². The second-order valence-electron chi connectivity index (χ2n) is 8.95. The molecule has 1 fully saturated rings. The molecule has 5 rings (SSSR count). The van der Waals surface area contributed by atoms with Crippen molar-refractivity contribution < 1.29 is 0 Å². The summed E-state index contributed by atoms with van der Waals surface area (Å²) in [5.41, 5.74) is 7.33. The van der Waals surface area contributed by atoms with Gasteiger partial charge in [0.25, 0.3) is 0 Å². The van der Waals surface area contributed by atoms with E-state index in [0.29, 0.717) is 12.5 Å². The van der Waals surface area contributed by atoms with Crippen LogP contribution in [0.1, 0.15) is 46.7 Å². The van der Waals surface area contributed by atoms with Crippen LogP contribution < -0.4 is 5.32 Å². The van der Waals surface area contributed by atoms with E-state index in [0.717, 1.165) is 53.3 Å². The van der Waals surface area contributed by atoms with Crippen LogP contribution in [0.5, 0.6) is 0 Å². The van der Waals surface area contributed by atoms with Gasteiger partial charge in [-0.15, -0.1) is 0 Å². The molecule has 7 heteroatoms. The van der Waals surface area contributed by atoms with Gasteiger partial charge in [-0.25, -0.2) is 4.98 Å². The Hall–Kier alpha value is -2.77. The van der Waals surface area contributed by atoms with Crippen molar-refractivity contribution in [1.82, 2.24) is 24.5 Å². The van der Waals surface area contributed by atoms with E-state index < -0.39 is 0 Å². The number of likely N-dealkylation sites (tertiary alicyclic amines) is 1. The molecule has 1 saturated heterocycles. The lowest BCUT2D eigenvalue weighted by Gasteiger charge is -2.33. The van der Waals surface area contributed by atoms with E-state index >= 15 is 0 Å². The minimum absolute atomic E-state index is 0.397. The van der Waals surface area contributed by atoms with Gasteiger partial charge in [-0.1, -0.05) is 24.3 Å². The molecule has 6 nitrogen and oxygen atoms in total. The molecule has 4 heterocycles. The largest absolute Gasteiger partial charge is 0.366 e. The molecule has 1 aliphatic rings. The highest BCUT2D eigenvalue weighted by atomic mass is 79.9. The molecule has 0 radical (unpaired) electrons. The van der Waals surface area contributed by atoms with Crippen molar-refractivity contribution in [3.8, 4) is 0 Å². The average Bonchev–Trinajstić information content (AvgIpc) is 3.21. The summed E-state index contributed by atoms with van der Waals surface area (Å²) in [5.74, 6) is 1.35. The highest BCUT2D eigenvalue weighted by Gasteiger charge is 2.25. The van der Waals surface area contributed by atoms with Gasteiger partial charge in [-0.2, -0.15) is 9.61 Å². The SMILES string of the molecule is Cc1cccc(C)c1CN1CCCC(c2cc(NCc3cccnc3)n3ncc(Br)c3n2)C1. The Morgan fingerprint density at radius 1 is 1.12 bits per heavy atom. The van der Waals surface area contributed by atoms with Gasteiger partial charge in [0.2, 0.25) is 0 Å². The molecule has 3 aromatic heterocycles. The van der Waals surface area contributed by atoms with E-state index in [9.17, 15) is 0 Å². The van der Waals surface area contributed by atoms with Crippen LogP contribution in [0, 0.1) is 13.8 Å². The highest BCUT2D eigenvalue weighted by molar-refractivity contribution is 9.10. The molecule has 0 aliphatic carbocycles. The fourth-order valence-electron chi connectivity index (χ4n) is 4.75. The molecule has 0 bridgehead atoms. The fourth-order valence-corrected chi connectivity index (χ4v) is 5.10. The number of nitrogens with one attached hydrogen (secondary N) is 1. The van der Waals surface area contributed by atoms with Crippen LogP contribution in [-0.4, -0.2) is 37.6 Å². The lowest BCUT2D eigenvalue weighted by Crippen LogP contribution is -2.34. The van der Waals surface area contributed by atoms with Crippen molar-refractivity contribution in [3.05, 3.63) is 87.4 Å². The zero-order valence-electron chi connectivity index (χ0n) is 19.1. The van der Waals surface area contributed by atoms with E-state index in [1.807, 2.05) is 23.0 Å². The molecular weight excluding hydrogens is 476 g/mol. The van der Waals surface area contributed by atoms with E-state index in [2.05, 4.69) is 80.4 Å². The minimum atomic E-state index is 0.397. The molecule has 1 unspecified atom stereocenters. The number of piperidine rings is 1. The summed E-state index contributed by atoms with van der Waals surface area (Å²) in [6, 6.07) is 12.8. The first kappa shape index (κ1) is 22.0. The molecule has 1 aliphatic heterocycles. The predicted molar refractivity (Wildman–Crippen MR) is 135 cm³/mol. The number of aromatic nitrogens is 4. The highest BCUT2D eigenvalue weighted by Crippen LogP contribution is 2.31. The Bertz CT molecular complexity index is 1230. The Morgan fingerprint density at radius 2 is 1.97 bits per heavy atom. The average molecular weight is 505 g/mol. The summed E-state index contributed by atoms with van der Waals surface area (Å²) >= 11 is 3.63. The third-order valence-electron chi connectivity index (χ3n) is 6.59. The summed E-state index contributed by atoms with van der Waals surface area (Å²) in [4.78, 5) is 11.8. The lowest BCUT2D eigenvalue weighted by atomic mass is 9.93. The number of fused-ring (bicyclic) bond motifs is 1. The van der Waals surface area contributed by atoms with Crippen molar-refractivity contribution >= 4 is 27.4 Å². The number of hydrogen-bond donors (Lipinski definition) is 1. The number of benzene rings is 1. The van der Waals surface area contributed by atoms with Gasteiger partial charge in [0.1, 0.15) is 5.82 Å². The lowest BCUT2D eigenvalue weighted by molar-refractivity contribution is 0.198. The zero-order valence-corrected chi connectivity index (χ0v) is 20.7. The van der Waals surface area contributed by atoms with E-state index in [4.69, 9.17) is 4.98 Å². The minimum Gasteiger partial charge on any atom is -0.366 e. The summed E-state index contributed by atoms with van der Waals surface area (Å²) in [7, 11) is 0. The first-order valence-electron chi connectivity index (χ1n) is 11.5. The van der Waals surface area contributed by atoms with Crippen LogP contribution in [0.3, 0.4) is 0 Å². The number of hydrogen-bond acceptors (Lipinski definition) is 5. The third kappa shape index (κ3) is 4.80. The summed E-state index contributed by atoms with van der Waals surface area (Å²) in [6.07, 6.45) is 7.83. The third-order valence-corrected chi connectivity index (χ3v) is 7.15. The van der Waals surface area contributed by atoms with Crippen molar-refractivity contribution in [2.45, 2.75) is 45.7 Å². The smallest absolute Gasteiger partial charge is 0.171 e. The first-order chi connectivity index (χ1) is 16.1. The second-order valence-corrected chi connectivity index (χ2v) is 9.81. The van der Waals surface area contributed by atoms with Crippen LogP contribution in [0.4, 0.5) is 5.82 Å². The predicted octanol–water partition coefficient (Wildman–Crippen LogP) is 5.50. The number of aryl methyl sites for hydroxylation is 2. The van der Waals surface area contributed by atoms with E-state index in [1.165, 1.54) is 23.1 Å². The second kappa shape index (κ2) is 9.61. The van der Waals surface area contributed by atoms with Crippen LogP contribution in [0.15, 0.2) is 59.5 Å². The standard InChI is InChI=1S/C26H29BrN6/c1-18-6-3-7-19(2)22(18)17-32-11-5-9-21(16-32)24-12-25(29-14-20-8-4-10-28-13-20)33-26(31-24)23(27)15-30-33/h3-4,6-8,10,12-13,15,21,29H,5,9,11,14,16-17H2,1-2H3. The monoisotopic (exact) mass is 504 g/mol. The van der Waals surface area contributed by atoms with Crippen molar-refractivity contribution in [1.29, 1.82) is 0 Å². The van der Waals surface area contributed by atoms with Crippen LogP contribution >= 0.6 is 15.9 Å². The van der Waals surface area contributed by atoms with Crippen LogP contribution in [-0.2, 0) is 13.1 Å². The maximum atomic E-state index is 5.03. The van der Waals surface area contributed by atoms with Gasteiger partial charge in [-0.05, 0) is 77.5 Å². The van der Waals surface area contributed by atoms with Crippen molar-refractivity contribution in [2.75, 3.05) is 18.4 Å². The molecule has 170 valence electrons. The number of halogens is 1. The molecule has 1 N–H and O–H groups in total. The van der Waals surface area contributed by atoms with Gasteiger partial charge >= 0.3 is 0 Å². The summed E-state index contributed by atoms with van der Waals surface area (Å²) in [6.45, 7) is 8.28. The first-order valence-corrected chi connectivity index (χ1v) is 12.3. The Kier molecular flexibility index (Phi) is 6.42. The summed E-state index contributed by atoms with van der Waals surface area (Å²) in [5, 5.41) is 8.07. The molecular formula is C26H29BrN6. The van der Waals surface area contributed by atoms with Gasteiger partial charge < -0.3 is 5.32 Å². The van der Waals surface area contributed by atoms with E-state index in [-0.39, 0.29) is 0 Å². The molecule has 0 saturated carbocycles. The molecule has 4 aromatic rings. The van der Waals surface area contributed by atoms with Crippen LogP contribution in [0.2, 0.25) is 0 Å². The Balaban J connectivity index is 1.39. The molecule has 1 atom stereocenters. The normalized spacial score (nSPS) is 16.9. The molecule has 0 amide bonds. The Labute approximate surface area is 203 Å². The number of rotatable bonds is 6. The molecule has 1 aromatic carbocycles. The van der Waals surface area contributed by atoms with Crippen molar-refractivity contribution in [3.63, 3.8) is 0 Å². The number of nitrogens with zero attached hydrogens (tertiary/aromatic N) is 5.